The topological polar surface area (TPSA) is 43.6 Å². The predicted molar refractivity (Wildman–Crippen MR) is 48.9 cm³/mol. The number of hydrogen-bond donors (Lipinski definition) is 0. The second-order valence-corrected chi connectivity index (χ2v) is 2.94. The van der Waals surface area contributed by atoms with Gasteiger partial charge in [-0.15, -0.1) is 0 Å². The molecule has 0 atom stereocenters. The molecule has 0 amide bonds. The third kappa shape index (κ3) is 1.67. The van der Waals surface area contributed by atoms with Crippen molar-refractivity contribution in [3.05, 3.63) is 35.8 Å². The van der Waals surface area contributed by atoms with Gasteiger partial charge in [-0.1, -0.05) is 0 Å². The Morgan fingerprint density at radius 2 is 2.23 bits per heavy atom. The summed E-state index contributed by atoms with van der Waals surface area (Å²) in [5, 5.41) is 0.240. The first kappa shape index (κ1) is 8.19. The zero-order valence-corrected chi connectivity index (χ0v) is 7.73. The van der Waals surface area contributed by atoms with Crippen LogP contribution in [0.15, 0.2) is 24.8 Å². The van der Waals surface area contributed by atoms with Crippen LogP contribution >= 0.6 is 11.6 Å². The van der Waals surface area contributed by atoms with Gasteiger partial charge in [0.2, 0.25) is 5.28 Å². The molecule has 66 valence electrons. The highest BCUT2D eigenvalue weighted by Crippen LogP contribution is 2.06. The van der Waals surface area contributed by atoms with Gasteiger partial charge in [0.1, 0.15) is 12.1 Å². The number of hydrogen-bond acceptors (Lipinski definition) is 3. The van der Waals surface area contributed by atoms with Crippen LogP contribution in [0, 0.1) is 6.92 Å². The molecule has 0 aromatic carbocycles. The molecule has 0 N–H and O–H groups in total. The van der Waals surface area contributed by atoms with Gasteiger partial charge in [-0.05, 0) is 24.6 Å². The first-order chi connectivity index (χ1) is 6.25. The summed E-state index contributed by atoms with van der Waals surface area (Å²) in [5.41, 5.74) is 0.940. The Morgan fingerprint density at radius 3 is 2.85 bits per heavy atom. The number of aromatic nitrogens is 4. The van der Waals surface area contributed by atoms with Crippen molar-refractivity contribution in [3.8, 4) is 5.82 Å². The molecule has 0 aliphatic rings. The third-order valence-corrected chi connectivity index (χ3v) is 1.77. The van der Waals surface area contributed by atoms with E-state index in [0.717, 1.165) is 11.5 Å². The van der Waals surface area contributed by atoms with Gasteiger partial charge in [-0.25, -0.2) is 9.97 Å². The molecule has 0 radical (unpaired) electrons. The molecule has 0 fully saturated rings. The van der Waals surface area contributed by atoms with Crippen molar-refractivity contribution >= 4 is 11.6 Å². The Hall–Kier alpha value is -1.42. The molecule has 2 rings (SSSR count). The summed E-state index contributed by atoms with van der Waals surface area (Å²) in [6, 6.07) is 1.77. The molecular formula is C8H7ClN4. The number of halogens is 1. The standard InChI is InChI=1S/C8H7ClN4/c1-6-4-13(5-11-6)7-2-3-10-8(9)12-7/h2-5H,1H3. The van der Waals surface area contributed by atoms with Crippen LogP contribution in [0.1, 0.15) is 5.69 Å². The van der Waals surface area contributed by atoms with Crippen molar-refractivity contribution in [1.29, 1.82) is 0 Å². The molecule has 0 saturated heterocycles. The Labute approximate surface area is 80.2 Å². The monoisotopic (exact) mass is 194 g/mol. The van der Waals surface area contributed by atoms with Crippen molar-refractivity contribution in [2.45, 2.75) is 6.92 Å². The first-order valence-electron chi connectivity index (χ1n) is 3.75. The molecule has 0 unspecified atom stereocenters. The molecule has 2 heterocycles. The van der Waals surface area contributed by atoms with E-state index in [0.29, 0.717) is 0 Å². The Kier molecular flexibility index (Phi) is 1.98. The van der Waals surface area contributed by atoms with Crippen LogP contribution in [0.25, 0.3) is 5.82 Å². The van der Waals surface area contributed by atoms with Crippen LogP contribution in [0.2, 0.25) is 5.28 Å². The maximum absolute atomic E-state index is 5.65. The zero-order valence-electron chi connectivity index (χ0n) is 6.98. The largest absolute Gasteiger partial charge is 0.290 e. The van der Waals surface area contributed by atoms with Crippen LogP contribution in [0.4, 0.5) is 0 Å². The van der Waals surface area contributed by atoms with Gasteiger partial charge in [0.25, 0.3) is 0 Å². The first-order valence-corrected chi connectivity index (χ1v) is 4.13. The summed E-state index contributed by atoms with van der Waals surface area (Å²) in [7, 11) is 0. The van der Waals surface area contributed by atoms with Crippen LogP contribution in [-0.2, 0) is 0 Å². The van der Waals surface area contributed by atoms with E-state index < -0.39 is 0 Å². The molecule has 2 aromatic rings. The molecule has 13 heavy (non-hydrogen) atoms. The summed E-state index contributed by atoms with van der Waals surface area (Å²) >= 11 is 5.65. The van der Waals surface area contributed by atoms with Crippen molar-refractivity contribution in [2.24, 2.45) is 0 Å². The normalized spacial score (nSPS) is 10.3. The van der Waals surface area contributed by atoms with E-state index in [4.69, 9.17) is 11.6 Å². The quantitative estimate of drug-likeness (QED) is 0.648. The molecule has 5 heteroatoms. The lowest BCUT2D eigenvalue weighted by atomic mass is 10.5. The van der Waals surface area contributed by atoms with Gasteiger partial charge in [0, 0.05) is 12.4 Å². The predicted octanol–water partition coefficient (Wildman–Crippen LogP) is 1.62. The molecule has 0 aliphatic carbocycles. The van der Waals surface area contributed by atoms with Crippen molar-refractivity contribution < 1.29 is 0 Å². The number of nitrogens with zero attached hydrogens (tertiary/aromatic N) is 4. The van der Waals surface area contributed by atoms with E-state index in [1.807, 2.05) is 13.1 Å². The average Bonchev–Trinajstić information content (AvgIpc) is 2.52. The number of aryl methyl sites for hydroxylation is 1. The van der Waals surface area contributed by atoms with Gasteiger partial charge >= 0.3 is 0 Å². The highest BCUT2D eigenvalue weighted by molar-refractivity contribution is 6.28. The fourth-order valence-electron chi connectivity index (χ4n) is 1.02. The molecule has 0 aliphatic heterocycles. The minimum Gasteiger partial charge on any atom is -0.290 e. The van der Waals surface area contributed by atoms with E-state index in [2.05, 4.69) is 15.0 Å². The Bertz CT molecular complexity index is 424. The van der Waals surface area contributed by atoms with E-state index in [-0.39, 0.29) is 5.28 Å². The Morgan fingerprint density at radius 1 is 1.38 bits per heavy atom. The van der Waals surface area contributed by atoms with Gasteiger partial charge in [-0.3, -0.25) is 4.57 Å². The lowest BCUT2D eigenvalue weighted by molar-refractivity contribution is 0.971. The molecular weight excluding hydrogens is 188 g/mol. The second kappa shape index (κ2) is 3.14. The summed E-state index contributed by atoms with van der Waals surface area (Å²) in [4.78, 5) is 11.9. The summed E-state index contributed by atoms with van der Waals surface area (Å²) in [6.45, 7) is 1.92. The summed E-state index contributed by atoms with van der Waals surface area (Å²) < 4.78 is 1.79. The van der Waals surface area contributed by atoms with Crippen molar-refractivity contribution in [3.63, 3.8) is 0 Å². The third-order valence-electron chi connectivity index (χ3n) is 1.59. The zero-order chi connectivity index (χ0) is 9.26. The van der Waals surface area contributed by atoms with E-state index in [9.17, 15) is 0 Å². The summed E-state index contributed by atoms with van der Waals surface area (Å²) in [5.74, 6) is 0.723. The van der Waals surface area contributed by atoms with Crippen LogP contribution in [-0.4, -0.2) is 19.5 Å². The SMILES string of the molecule is Cc1cn(-c2ccnc(Cl)n2)cn1. The maximum Gasteiger partial charge on any atom is 0.224 e. The number of imidazole rings is 1. The minimum absolute atomic E-state index is 0.240. The molecule has 0 saturated carbocycles. The van der Waals surface area contributed by atoms with E-state index >= 15 is 0 Å². The Balaban J connectivity index is 2.46. The van der Waals surface area contributed by atoms with Crippen molar-refractivity contribution in [2.75, 3.05) is 0 Å². The van der Waals surface area contributed by atoms with Gasteiger partial charge in [-0.2, -0.15) is 4.98 Å². The van der Waals surface area contributed by atoms with E-state index in [1.165, 1.54) is 0 Å². The number of rotatable bonds is 1. The molecule has 4 nitrogen and oxygen atoms in total. The lowest BCUT2D eigenvalue weighted by Gasteiger charge is -1.98. The minimum atomic E-state index is 0.240. The highest BCUT2D eigenvalue weighted by atomic mass is 35.5. The van der Waals surface area contributed by atoms with Gasteiger partial charge in [0.15, 0.2) is 0 Å². The van der Waals surface area contributed by atoms with E-state index in [1.54, 1.807) is 23.2 Å². The van der Waals surface area contributed by atoms with Gasteiger partial charge in [0.05, 0.1) is 5.69 Å². The summed E-state index contributed by atoms with van der Waals surface area (Å²) in [6.07, 6.45) is 5.17. The lowest BCUT2D eigenvalue weighted by Crippen LogP contribution is -1.94. The second-order valence-electron chi connectivity index (χ2n) is 2.61. The molecule has 0 spiro atoms. The smallest absolute Gasteiger partial charge is 0.224 e. The maximum atomic E-state index is 5.65. The fourth-order valence-corrected chi connectivity index (χ4v) is 1.16. The fraction of sp³-hybridized carbons (Fsp3) is 0.125. The van der Waals surface area contributed by atoms with Crippen molar-refractivity contribution in [1.82, 2.24) is 19.5 Å². The average molecular weight is 195 g/mol. The molecule has 2 aromatic heterocycles. The highest BCUT2D eigenvalue weighted by Gasteiger charge is 1.99. The van der Waals surface area contributed by atoms with Crippen LogP contribution < -0.4 is 0 Å². The van der Waals surface area contributed by atoms with Gasteiger partial charge < -0.3 is 0 Å². The van der Waals surface area contributed by atoms with Crippen LogP contribution in [0.3, 0.4) is 0 Å². The van der Waals surface area contributed by atoms with Crippen LogP contribution in [0.5, 0.6) is 0 Å². The molecule has 0 bridgehead atoms.